The van der Waals surface area contributed by atoms with Gasteiger partial charge in [-0.25, -0.2) is 0 Å². The standard InChI is InChI=1S/C24H27NO5/c1-28-18-10-11-21(29-2)19(15-18)20-9-6-14-25(20)22(26)16-30-23(27)24(12-13-24)17-7-4-3-5-8-17/h3-5,7-8,10-11,15,20H,6,9,12-14,16H2,1-2H3/t20-/m1/s1. The molecular weight excluding hydrogens is 382 g/mol. The Bertz CT molecular complexity index is 922. The van der Waals surface area contributed by atoms with E-state index in [9.17, 15) is 9.59 Å². The van der Waals surface area contributed by atoms with Gasteiger partial charge in [0.2, 0.25) is 0 Å². The zero-order valence-corrected chi connectivity index (χ0v) is 17.4. The highest BCUT2D eigenvalue weighted by Gasteiger charge is 2.53. The first-order valence-corrected chi connectivity index (χ1v) is 10.3. The number of esters is 1. The van der Waals surface area contributed by atoms with Crippen LogP contribution in [0.25, 0.3) is 0 Å². The third-order valence-electron chi connectivity index (χ3n) is 6.16. The maximum atomic E-state index is 12.9. The molecule has 6 heteroatoms. The van der Waals surface area contributed by atoms with Gasteiger partial charge in [0.1, 0.15) is 11.5 Å². The van der Waals surface area contributed by atoms with E-state index in [0.717, 1.165) is 48.3 Å². The molecule has 1 heterocycles. The number of carbonyl (C=O) groups is 2. The van der Waals surface area contributed by atoms with Crippen LogP contribution in [0.4, 0.5) is 0 Å². The first kappa shape index (κ1) is 20.3. The quantitative estimate of drug-likeness (QED) is 0.653. The van der Waals surface area contributed by atoms with Gasteiger partial charge in [-0.3, -0.25) is 9.59 Å². The van der Waals surface area contributed by atoms with Gasteiger partial charge in [0.05, 0.1) is 25.7 Å². The lowest BCUT2D eigenvalue weighted by Crippen LogP contribution is -2.36. The average molecular weight is 409 g/mol. The van der Waals surface area contributed by atoms with Crippen LogP contribution in [0.1, 0.15) is 42.9 Å². The van der Waals surface area contributed by atoms with Crippen LogP contribution < -0.4 is 9.47 Å². The fraction of sp³-hybridized carbons (Fsp3) is 0.417. The van der Waals surface area contributed by atoms with E-state index in [0.29, 0.717) is 6.54 Å². The van der Waals surface area contributed by atoms with Crippen molar-refractivity contribution in [1.82, 2.24) is 4.90 Å². The third-order valence-corrected chi connectivity index (χ3v) is 6.16. The van der Waals surface area contributed by atoms with Crippen molar-refractivity contribution in [3.63, 3.8) is 0 Å². The Hall–Kier alpha value is -3.02. The molecule has 0 unspecified atom stereocenters. The van der Waals surface area contributed by atoms with Gasteiger partial charge in [-0.1, -0.05) is 30.3 Å². The van der Waals surface area contributed by atoms with E-state index in [1.54, 1.807) is 19.1 Å². The van der Waals surface area contributed by atoms with Crippen molar-refractivity contribution in [3.8, 4) is 11.5 Å². The molecular formula is C24H27NO5. The van der Waals surface area contributed by atoms with Crippen LogP contribution in [0, 0.1) is 0 Å². The van der Waals surface area contributed by atoms with E-state index >= 15 is 0 Å². The molecule has 1 atom stereocenters. The van der Waals surface area contributed by atoms with Gasteiger partial charge in [0, 0.05) is 12.1 Å². The summed E-state index contributed by atoms with van der Waals surface area (Å²) in [5.41, 5.74) is 1.29. The van der Waals surface area contributed by atoms with Crippen LogP contribution in [0.5, 0.6) is 11.5 Å². The summed E-state index contributed by atoms with van der Waals surface area (Å²) in [6.45, 7) is 0.390. The summed E-state index contributed by atoms with van der Waals surface area (Å²) >= 11 is 0. The van der Waals surface area contributed by atoms with Gasteiger partial charge < -0.3 is 19.1 Å². The van der Waals surface area contributed by atoms with Crippen LogP contribution >= 0.6 is 0 Å². The van der Waals surface area contributed by atoms with E-state index in [1.807, 2.05) is 48.5 Å². The molecule has 30 heavy (non-hydrogen) atoms. The lowest BCUT2D eigenvalue weighted by molar-refractivity contribution is -0.154. The van der Waals surface area contributed by atoms with Crippen molar-refractivity contribution in [2.45, 2.75) is 37.1 Å². The molecule has 2 aromatic rings. The Balaban J connectivity index is 1.44. The zero-order valence-electron chi connectivity index (χ0n) is 17.4. The maximum Gasteiger partial charge on any atom is 0.317 e. The SMILES string of the molecule is COc1ccc(OC)c([C@H]2CCCN2C(=O)COC(=O)C2(c3ccccc3)CC2)c1. The van der Waals surface area contributed by atoms with Crippen LogP contribution in [0.2, 0.25) is 0 Å². The predicted molar refractivity (Wildman–Crippen MR) is 112 cm³/mol. The second-order valence-electron chi connectivity index (χ2n) is 7.88. The number of rotatable bonds is 7. The molecule has 2 fully saturated rings. The molecule has 1 amide bonds. The molecule has 1 aliphatic carbocycles. The smallest absolute Gasteiger partial charge is 0.317 e. The predicted octanol–water partition coefficient (Wildman–Crippen LogP) is 3.64. The molecule has 0 N–H and O–H groups in total. The van der Waals surface area contributed by atoms with Crippen LogP contribution in [0.15, 0.2) is 48.5 Å². The van der Waals surface area contributed by atoms with Crippen molar-refractivity contribution in [3.05, 3.63) is 59.7 Å². The van der Waals surface area contributed by atoms with E-state index in [4.69, 9.17) is 14.2 Å². The summed E-state index contributed by atoms with van der Waals surface area (Å²) < 4.78 is 16.4. The minimum atomic E-state index is -0.581. The molecule has 0 bridgehead atoms. The third kappa shape index (κ3) is 3.74. The average Bonchev–Trinajstić information content (AvgIpc) is 3.47. The van der Waals surface area contributed by atoms with Gasteiger partial charge in [0.25, 0.3) is 5.91 Å². The van der Waals surface area contributed by atoms with E-state index < -0.39 is 5.41 Å². The van der Waals surface area contributed by atoms with E-state index in [-0.39, 0.29) is 24.5 Å². The number of carbonyl (C=O) groups excluding carboxylic acids is 2. The Kier molecular flexibility index (Phi) is 5.66. The highest BCUT2D eigenvalue weighted by Crippen LogP contribution is 2.49. The molecule has 1 saturated heterocycles. The molecule has 0 aromatic heterocycles. The van der Waals surface area contributed by atoms with E-state index in [1.165, 1.54) is 0 Å². The number of hydrogen-bond acceptors (Lipinski definition) is 5. The monoisotopic (exact) mass is 409 g/mol. The summed E-state index contributed by atoms with van der Waals surface area (Å²) in [6, 6.07) is 15.1. The van der Waals surface area contributed by atoms with Crippen molar-refractivity contribution in [2.75, 3.05) is 27.4 Å². The van der Waals surface area contributed by atoms with Gasteiger partial charge in [-0.15, -0.1) is 0 Å². The first-order valence-electron chi connectivity index (χ1n) is 10.3. The summed E-state index contributed by atoms with van der Waals surface area (Å²) in [4.78, 5) is 27.5. The van der Waals surface area contributed by atoms with Crippen molar-refractivity contribution >= 4 is 11.9 Å². The molecule has 2 aliphatic rings. The van der Waals surface area contributed by atoms with Crippen molar-refractivity contribution < 1.29 is 23.8 Å². The highest BCUT2D eigenvalue weighted by atomic mass is 16.5. The lowest BCUT2D eigenvalue weighted by atomic mass is 9.96. The Morgan fingerprint density at radius 2 is 1.83 bits per heavy atom. The second kappa shape index (κ2) is 8.38. The largest absolute Gasteiger partial charge is 0.497 e. The minimum absolute atomic E-state index is 0.120. The Morgan fingerprint density at radius 1 is 1.07 bits per heavy atom. The molecule has 6 nitrogen and oxygen atoms in total. The highest BCUT2D eigenvalue weighted by molar-refractivity contribution is 5.89. The molecule has 1 aliphatic heterocycles. The number of methoxy groups -OCH3 is 2. The molecule has 2 aromatic carbocycles. The second-order valence-corrected chi connectivity index (χ2v) is 7.88. The van der Waals surface area contributed by atoms with Gasteiger partial charge in [-0.2, -0.15) is 0 Å². The van der Waals surface area contributed by atoms with Crippen LogP contribution in [0.3, 0.4) is 0 Å². The number of benzene rings is 2. The molecule has 4 rings (SSSR count). The first-order chi connectivity index (χ1) is 14.6. The summed E-state index contributed by atoms with van der Waals surface area (Å²) in [5, 5.41) is 0. The number of nitrogens with zero attached hydrogens (tertiary/aromatic N) is 1. The van der Waals surface area contributed by atoms with Gasteiger partial charge in [0.15, 0.2) is 6.61 Å². The number of likely N-dealkylation sites (tertiary alicyclic amines) is 1. The fourth-order valence-corrected chi connectivity index (χ4v) is 4.33. The summed E-state index contributed by atoms with van der Waals surface area (Å²) in [5.74, 6) is 0.949. The zero-order chi connectivity index (χ0) is 21.1. The van der Waals surface area contributed by atoms with Crippen molar-refractivity contribution in [1.29, 1.82) is 0 Å². The lowest BCUT2D eigenvalue weighted by Gasteiger charge is -2.27. The van der Waals surface area contributed by atoms with Crippen LogP contribution in [-0.4, -0.2) is 44.1 Å². The maximum absolute atomic E-state index is 12.9. The number of amides is 1. The minimum Gasteiger partial charge on any atom is -0.497 e. The molecule has 0 spiro atoms. The summed E-state index contributed by atoms with van der Waals surface area (Å²) in [6.07, 6.45) is 3.24. The van der Waals surface area contributed by atoms with Crippen molar-refractivity contribution in [2.24, 2.45) is 0 Å². The summed E-state index contributed by atoms with van der Waals surface area (Å²) in [7, 11) is 3.23. The van der Waals surface area contributed by atoms with Crippen LogP contribution in [-0.2, 0) is 19.7 Å². The normalized spacial score (nSPS) is 19.3. The van der Waals surface area contributed by atoms with Gasteiger partial charge in [-0.05, 0) is 49.4 Å². The molecule has 0 radical (unpaired) electrons. The molecule has 1 saturated carbocycles. The fourth-order valence-electron chi connectivity index (χ4n) is 4.33. The number of hydrogen-bond donors (Lipinski definition) is 0. The van der Waals surface area contributed by atoms with Gasteiger partial charge >= 0.3 is 5.97 Å². The topological polar surface area (TPSA) is 65.1 Å². The Morgan fingerprint density at radius 3 is 2.50 bits per heavy atom. The Labute approximate surface area is 176 Å². The molecule has 158 valence electrons. The number of ether oxygens (including phenoxy) is 3. The van der Waals surface area contributed by atoms with E-state index in [2.05, 4.69) is 0 Å².